The van der Waals surface area contributed by atoms with Gasteiger partial charge in [-0.25, -0.2) is 0 Å². The second-order valence-electron chi connectivity index (χ2n) is 2.46. The summed E-state index contributed by atoms with van der Waals surface area (Å²) in [5.41, 5.74) is 0. The fraction of sp³-hybridized carbons (Fsp3) is 0.900. The van der Waals surface area contributed by atoms with Crippen LogP contribution in [0.3, 0.4) is 0 Å². The van der Waals surface area contributed by atoms with Crippen molar-refractivity contribution < 1.29 is 0 Å². The zero-order valence-electron chi connectivity index (χ0n) is 7.06. The first-order valence-corrected chi connectivity index (χ1v) is 4.33. The third kappa shape index (κ3) is 5.91. The molecule has 11 heavy (non-hydrogen) atoms. The van der Waals surface area contributed by atoms with Crippen molar-refractivity contribution >= 4 is 0 Å². The smallest absolute Gasteiger partial charge is 0.0655 e. The molecule has 0 saturated heterocycles. The minimum absolute atomic E-state index is 0. The molecule has 0 aliphatic heterocycles. The van der Waals surface area contributed by atoms with Crippen LogP contribution in [0.5, 0.6) is 0 Å². The largest absolute Gasteiger partial charge is 0.198 e. The first-order chi connectivity index (χ1) is 4.93. The molecule has 0 unspecified atom stereocenters. The van der Waals surface area contributed by atoms with E-state index in [4.69, 9.17) is 5.26 Å². The first-order valence-electron chi connectivity index (χ1n) is 4.33. The van der Waals surface area contributed by atoms with Gasteiger partial charge in [0.1, 0.15) is 0 Å². The van der Waals surface area contributed by atoms with Crippen LogP contribution in [0.2, 0.25) is 0 Å². The lowest BCUT2D eigenvalue weighted by Gasteiger charge is -2.13. The summed E-state index contributed by atoms with van der Waals surface area (Å²) in [5, 5.41) is 8.44. The second kappa shape index (κ2) is 9.49. The molecule has 1 nitrogen and oxygen atoms in total. The van der Waals surface area contributed by atoms with Crippen molar-refractivity contribution in [3.8, 4) is 6.07 Å². The molecule has 0 bridgehead atoms. The molecule has 0 aromatic rings. The molecule has 1 heteroatoms. The van der Waals surface area contributed by atoms with Crippen molar-refractivity contribution in [1.29, 1.82) is 5.26 Å². The zero-order chi connectivity index (χ0) is 7.82. The van der Waals surface area contributed by atoms with Gasteiger partial charge in [-0.2, -0.15) is 5.26 Å². The van der Waals surface area contributed by atoms with Crippen molar-refractivity contribution in [2.45, 2.75) is 53.4 Å². The molecule has 0 atom stereocenters. The summed E-state index contributed by atoms with van der Waals surface area (Å²) in [6, 6.07) is 2.30. The normalized spacial score (nSPS) is 16.8. The monoisotopic (exact) mass is 155 g/mol. The fourth-order valence-corrected chi connectivity index (χ4v) is 1.23. The Morgan fingerprint density at radius 1 is 1.09 bits per heavy atom. The van der Waals surface area contributed by atoms with Crippen LogP contribution >= 0.6 is 0 Å². The van der Waals surface area contributed by atoms with E-state index in [-0.39, 0.29) is 7.43 Å². The molecule has 66 valence electrons. The molecule has 1 fully saturated rings. The van der Waals surface area contributed by atoms with E-state index in [9.17, 15) is 0 Å². The topological polar surface area (TPSA) is 23.8 Å². The molecule has 1 aliphatic carbocycles. The van der Waals surface area contributed by atoms with Gasteiger partial charge in [-0.15, -0.1) is 0 Å². The van der Waals surface area contributed by atoms with Gasteiger partial charge in [-0.05, 0) is 12.8 Å². The second-order valence-corrected chi connectivity index (χ2v) is 2.46. The highest BCUT2D eigenvalue weighted by molar-refractivity contribution is 4.84. The number of nitrogens with zero attached hydrogens (tertiary/aromatic N) is 1. The summed E-state index contributed by atoms with van der Waals surface area (Å²) < 4.78 is 0. The maximum Gasteiger partial charge on any atom is 0.0655 e. The SMILES string of the molecule is C.CC.N#CC1CCCCC1. The van der Waals surface area contributed by atoms with Crippen LogP contribution < -0.4 is 0 Å². The van der Waals surface area contributed by atoms with E-state index in [0.717, 1.165) is 12.8 Å². The maximum absolute atomic E-state index is 8.44. The van der Waals surface area contributed by atoms with Crippen molar-refractivity contribution in [3.05, 3.63) is 0 Å². The molecular formula is C10H21N. The predicted octanol–water partition coefficient (Wildman–Crippen LogP) is 3.75. The Labute approximate surface area is 71.4 Å². The van der Waals surface area contributed by atoms with E-state index in [2.05, 4.69) is 6.07 Å². The highest BCUT2D eigenvalue weighted by Gasteiger charge is 2.10. The van der Waals surface area contributed by atoms with Gasteiger partial charge in [0.2, 0.25) is 0 Å². The lowest BCUT2D eigenvalue weighted by atomic mass is 9.91. The molecule has 1 saturated carbocycles. The summed E-state index contributed by atoms with van der Waals surface area (Å²) in [6.45, 7) is 4.00. The molecule has 1 aliphatic rings. The van der Waals surface area contributed by atoms with Gasteiger partial charge in [0.25, 0.3) is 0 Å². The van der Waals surface area contributed by atoms with E-state index in [0.29, 0.717) is 5.92 Å². The Kier molecular flexibility index (Phi) is 11.3. The number of rotatable bonds is 0. The Morgan fingerprint density at radius 3 is 1.82 bits per heavy atom. The van der Waals surface area contributed by atoms with Crippen molar-refractivity contribution in [1.82, 2.24) is 0 Å². The number of hydrogen-bond donors (Lipinski definition) is 0. The van der Waals surface area contributed by atoms with Gasteiger partial charge in [-0.3, -0.25) is 0 Å². The third-order valence-corrected chi connectivity index (χ3v) is 1.79. The standard InChI is InChI=1S/C7H11N.C2H6.CH4/c8-6-7-4-2-1-3-5-7;1-2;/h7H,1-5H2;1-2H3;1H4. The number of hydrogen-bond acceptors (Lipinski definition) is 1. The van der Waals surface area contributed by atoms with Gasteiger partial charge in [0, 0.05) is 5.92 Å². The van der Waals surface area contributed by atoms with Gasteiger partial charge < -0.3 is 0 Å². The Bertz CT molecular complexity index is 95.9. The molecule has 0 radical (unpaired) electrons. The van der Waals surface area contributed by atoms with E-state index in [1.54, 1.807) is 0 Å². The van der Waals surface area contributed by atoms with Gasteiger partial charge in [-0.1, -0.05) is 40.5 Å². The third-order valence-electron chi connectivity index (χ3n) is 1.79. The van der Waals surface area contributed by atoms with E-state index in [1.807, 2.05) is 13.8 Å². The lowest BCUT2D eigenvalue weighted by Crippen LogP contribution is -2.02. The van der Waals surface area contributed by atoms with Crippen molar-refractivity contribution in [2.24, 2.45) is 5.92 Å². The molecular weight excluding hydrogens is 134 g/mol. The molecule has 0 spiro atoms. The van der Waals surface area contributed by atoms with Crippen LogP contribution in [0.15, 0.2) is 0 Å². The Morgan fingerprint density at radius 2 is 1.55 bits per heavy atom. The average molecular weight is 155 g/mol. The summed E-state index contributed by atoms with van der Waals surface area (Å²) in [5.74, 6) is 0.392. The Hall–Kier alpha value is -0.510. The highest BCUT2D eigenvalue weighted by atomic mass is 14.3. The Balaban J connectivity index is 0. The highest BCUT2D eigenvalue weighted by Crippen LogP contribution is 2.22. The van der Waals surface area contributed by atoms with Crippen LogP contribution in [0.1, 0.15) is 53.4 Å². The maximum atomic E-state index is 8.44. The molecule has 0 heterocycles. The predicted molar refractivity (Wildman–Crippen MR) is 50.3 cm³/mol. The van der Waals surface area contributed by atoms with E-state index >= 15 is 0 Å². The molecule has 0 N–H and O–H groups in total. The van der Waals surface area contributed by atoms with Crippen LogP contribution in [0, 0.1) is 17.2 Å². The van der Waals surface area contributed by atoms with E-state index < -0.39 is 0 Å². The summed E-state index contributed by atoms with van der Waals surface area (Å²) >= 11 is 0. The van der Waals surface area contributed by atoms with Gasteiger partial charge in [0.15, 0.2) is 0 Å². The molecule has 0 aromatic carbocycles. The van der Waals surface area contributed by atoms with Crippen molar-refractivity contribution in [3.63, 3.8) is 0 Å². The first kappa shape index (κ1) is 13.1. The van der Waals surface area contributed by atoms with Crippen molar-refractivity contribution in [2.75, 3.05) is 0 Å². The lowest BCUT2D eigenvalue weighted by molar-refractivity contribution is 0.427. The minimum atomic E-state index is 0. The van der Waals surface area contributed by atoms with E-state index in [1.165, 1.54) is 19.3 Å². The molecule has 0 amide bonds. The minimum Gasteiger partial charge on any atom is -0.198 e. The fourth-order valence-electron chi connectivity index (χ4n) is 1.23. The van der Waals surface area contributed by atoms with Crippen LogP contribution in [0.4, 0.5) is 0 Å². The van der Waals surface area contributed by atoms with Gasteiger partial charge in [0.05, 0.1) is 6.07 Å². The van der Waals surface area contributed by atoms with Crippen LogP contribution in [0.25, 0.3) is 0 Å². The quantitative estimate of drug-likeness (QED) is 0.522. The zero-order valence-corrected chi connectivity index (χ0v) is 7.06. The summed E-state index contributed by atoms with van der Waals surface area (Å²) in [7, 11) is 0. The number of nitriles is 1. The average Bonchev–Trinajstić information content (AvgIpc) is 2.10. The van der Waals surface area contributed by atoms with Gasteiger partial charge >= 0.3 is 0 Å². The van der Waals surface area contributed by atoms with Crippen LogP contribution in [-0.4, -0.2) is 0 Å². The molecule has 1 rings (SSSR count). The molecule has 0 aromatic heterocycles. The summed E-state index contributed by atoms with van der Waals surface area (Å²) in [4.78, 5) is 0. The summed E-state index contributed by atoms with van der Waals surface area (Å²) in [6.07, 6.45) is 6.20. The van der Waals surface area contributed by atoms with Crippen LogP contribution in [-0.2, 0) is 0 Å².